The highest BCUT2D eigenvalue weighted by Gasteiger charge is 2.43. The van der Waals surface area contributed by atoms with Gasteiger partial charge in [-0.15, -0.1) is 0 Å². The Kier molecular flexibility index (Phi) is 5.58. The molecule has 1 aromatic carbocycles. The molecule has 2 N–H and O–H groups in total. The molecule has 0 radical (unpaired) electrons. The molecule has 0 unspecified atom stereocenters. The van der Waals surface area contributed by atoms with E-state index in [0.29, 0.717) is 6.61 Å². The number of aliphatic hydroxyl groups is 2. The maximum absolute atomic E-state index is 9.97. The molecule has 2 rings (SSSR count). The van der Waals surface area contributed by atoms with Crippen LogP contribution in [0.25, 0.3) is 0 Å². The first-order chi connectivity index (χ1) is 10.0. The van der Waals surface area contributed by atoms with Crippen LogP contribution in [0.2, 0.25) is 0 Å². The molecule has 0 spiro atoms. The summed E-state index contributed by atoms with van der Waals surface area (Å²) in [6.07, 6.45) is -2.56. The maximum atomic E-state index is 9.97. The van der Waals surface area contributed by atoms with Crippen LogP contribution in [0.1, 0.15) is 19.4 Å². The van der Waals surface area contributed by atoms with E-state index in [2.05, 4.69) is 0 Å². The fourth-order valence-electron chi connectivity index (χ4n) is 2.48. The van der Waals surface area contributed by atoms with Crippen molar-refractivity contribution in [1.29, 1.82) is 0 Å². The van der Waals surface area contributed by atoms with Gasteiger partial charge in [0.15, 0.2) is 0 Å². The fourth-order valence-corrected chi connectivity index (χ4v) is 2.48. The van der Waals surface area contributed by atoms with Crippen LogP contribution in [0.5, 0.6) is 5.75 Å². The van der Waals surface area contributed by atoms with Gasteiger partial charge in [0.25, 0.3) is 0 Å². The quantitative estimate of drug-likeness (QED) is 0.829. The molecule has 1 aliphatic heterocycles. The summed E-state index contributed by atoms with van der Waals surface area (Å²) in [5, 5.41) is 19.9. The molecule has 1 aromatic rings. The van der Waals surface area contributed by atoms with Crippen LogP contribution in [0, 0.1) is 5.92 Å². The van der Waals surface area contributed by atoms with Crippen molar-refractivity contribution in [3.8, 4) is 5.75 Å². The molecule has 0 aliphatic carbocycles. The molecule has 1 fully saturated rings. The molecule has 5 nitrogen and oxygen atoms in total. The SMILES string of the molecule is COc1ccc(COC[C@H]2O[C@@H](C(C)C)[C@H](O)[C@@H]2O)cc1. The second kappa shape index (κ2) is 7.22. The molecule has 1 heterocycles. The van der Waals surface area contributed by atoms with Crippen molar-refractivity contribution in [2.45, 2.75) is 44.9 Å². The number of hydrogen-bond donors (Lipinski definition) is 2. The summed E-state index contributed by atoms with van der Waals surface area (Å²) in [5.41, 5.74) is 1.02. The zero-order valence-corrected chi connectivity index (χ0v) is 12.7. The molecule has 1 aliphatic rings. The molecule has 118 valence electrons. The number of methoxy groups -OCH3 is 1. The predicted octanol–water partition coefficient (Wildman–Crippen LogP) is 1.36. The molecule has 0 bridgehead atoms. The minimum absolute atomic E-state index is 0.154. The van der Waals surface area contributed by atoms with Crippen LogP contribution >= 0.6 is 0 Å². The summed E-state index contributed by atoms with van der Waals surface area (Å²) in [6.45, 7) is 4.61. The van der Waals surface area contributed by atoms with E-state index in [4.69, 9.17) is 14.2 Å². The zero-order chi connectivity index (χ0) is 15.4. The first-order valence-electron chi connectivity index (χ1n) is 7.25. The summed E-state index contributed by atoms with van der Waals surface area (Å²) in [5.74, 6) is 0.956. The predicted molar refractivity (Wildman–Crippen MR) is 78.2 cm³/mol. The lowest BCUT2D eigenvalue weighted by molar-refractivity contribution is -0.0579. The smallest absolute Gasteiger partial charge is 0.118 e. The number of benzene rings is 1. The summed E-state index contributed by atoms with van der Waals surface area (Å²) < 4.78 is 16.4. The molecular weight excluding hydrogens is 272 g/mol. The van der Waals surface area contributed by atoms with Gasteiger partial charge < -0.3 is 24.4 Å². The topological polar surface area (TPSA) is 68.2 Å². The summed E-state index contributed by atoms with van der Waals surface area (Å²) in [4.78, 5) is 0. The van der Waals surface area contributed by atoms with E-state index in [1.807, 2.05) is 38.1 Å². The molecule has 21 heavy (non-hydrogen) atoms. The lowest BCUT2D eigenvalue weighted by Crippen LogP contribution is -2.35. The number of hydrogen-bond acceptors (Lipinski definition) is 5. The van der Waals surface area contributed by atoms with Crippen molar-refractivity contribution < 1.29 is 24.4 Å². The van der Waals surface area contributed by atoms with Crippen LogP contribution in [0.4, 0.5) is 0 Å². The van der Waals surface area contributed by atoms with Gasteiger partial charge in [0.2, 0.25) is 0 Å². The lowest BCUT2D eigenvalue weighted by atomic mass is 10.00. The van der Waals surface area contributed by atoms with E-state index < -0.39 is 18.3 Å². The van der Waals surface area contributed by atoms with Crippen LogP contribution in [0.3, 0.4) is 0 Å². The third kappa shape index (κ3) is 3.95. The molecular formula is C16H24O5. The highest BCUT2D eigenvalue weighted by atomic mass is 16.6. The van der Waals surface area contributed by atoms with Crippen LogP contribution in [-0.2, 0) is 16.1 Å². The van der Waals surface area contributed by atoms with Crippen molar-refractivity contribution >= 4 is 0 Å². The van der Waals surface area contributed by atoms with E-state index in [1.54, 1.807) is 7.11 Å². The highest BCUT2D eigenvalue weighted by Crippen LogP contribution is 2.26. The maximum Gasteiger partial charge on any atom is 0.118 e. The fraction of sp³-hybridized carbons (Fsp3) is 0.625. The van der Waals surface area contributed by atoms with E-state index >= 15 is 0 Å². The van der Waals surface area contributed by atoms with E-state index in [-0.39, 0.29) is 18.6 Å². The average Bonchev–Trinajstić information content (AvgIpc) is 2.76. The van der Waals surface area contributed by atoms with Gasteiger partial charge in [-0.1, -0.05) is 26.0 Å². The Hall–Kier alpha value is -1.14. The van der Waals surface area contributed by atoms with Crippen LogP contribution in [0.15, 0.2) is 24.3 Å². The van der Waals surface area contributed by atoms with Gasteiger partial charge in [0.1, 0.15) is 24.1 Å². The van der Waals surface area contributed by atoms with Gasteiger partial charge in [-0.2, -0.15) is 0 Å². The third-order valence-corrected chi connectivity index (χ3v) is 3.77. The Morgan fingerprint density at radius 3 is 2.33 bits per heavy atom. The Labute approximate surface area is 125 Å². The Bertz CT molecular complexity index is 431. The van der Waals surface area contributed by atoms with Crippen molar-refractivity contribution in [2.75, 3.05) is 13.7 Å². The summed E-state index contributed by atoms with van der Waals surface area (Å²) in [7, 11) is 1.63. The van der Waals surface area contributed by atoms with Gasteiger partial charge >= 0.3 is 0 Å². The Morgan fingerprint density at radius 1 is 1.14 bits per heavy atom. The number of rotatable bonds is 6. The van der Waals surface area contributed by atoms with Crippen LogP contribution < -0.4 is 4.74 Å². The number of ether oxygens (including phenoxy) is 3. The largest absolute Gasteiger partial charge is 0.497 e. The van der Waals surface area contributed by atoms with E-state index in [0.717, 1.165) is 11.3 Å². The van der Waals surface area contributed by atoms with Crippen LogP contribution in [-0.4, -0.2) is 48.3 Å². The monoisotopic (exact) mass is 296 g/mol. The van der Waals surface area contributed by atoms with Gasteiger partial charge in [0.05, 0.1) is 26.4 Å². The third-order valence-electron chi connectivity index (χ3n) is 3.77. The van der Waals surface area contributed by atoms with Gasteiger partial charge in [0, 0.05) is 0 Å². The molecule has 1 saturated heterocycles. The average molecular weight is 296 g/mol. The van der Waals surface area contributed by atoms with Crippen molar-refractivity contribution in [3.63, 3.8) is 0 Å². The van der Waals surface area contributed by atoms with Crippen molar-refractivity contribution in [1.82, 2.24) is 0 Å². The standard InChI is InChI=1S/C16H24O5/c1-10(2)16-15(18)14(17)13(21-16)9-20-8-11-4-6-12(19-3)7-5-11/h4-7,10,13-18H,8-9H2,1-3H3/t13-,14-,15-,16+/m1/s1. The van der Waals surface area contributed by atoms with Gasteiger partial charge in [-0.25, -0.2) is 0 Å². The normalized spacial score (nSPS) is 29.0. The molecule has 0 amide bonds. The van der Waals surface area contributed by atoms with Crippen molar-refractivity contribution in [3.05, 3.63) is 29.8 Å². The van der Waals surface area contributed by atoms with Gasteiger partial charge in [-0.05, 0) is 23.6 Å². The molecule has 0 saturated carbocycles. The van der Waals surface area contributed by atoms with Gasteiger partial charge in [-0.3, -0.25) is 0 Å². The minimum Gasteiger partial charge on any atom is -0.497 e. The molecule has 5 heteroatoms. The summed E-state index contributed by atoms with van der Waals surface area (Å²) in [6, 6.07) is 7.60. The number of aliphatic hydroxyl groups excluding tert-OH is 2. The Morgan fingerprint density at radius 2 is 1.81 bits per heavy atom. The molecule has 4 atom stereocenters. The van der Waals surface area contributed by atoms with E-state index in [1.165, 1.54) is 0 Å². The highest BCUT2D eigenvalue weighted by molar-refractivity contribution is 5.26. The second-order valence-electron chi connectivity index (χ2n) is 5.73. The summed E-state index contributed by atoms with van der Waals surface area (Å²) >= 11 is 0. The van der Waals surface area contributed by atoms with Crippen molar-refractivity contribution in [2.24, 2.45) is 5.92 Å². The first-order valence-corrected chi connectivity index (χ1v) is 7.25. The molecule has 0 aromatic heterocycles. The second-order valence-corrected chi connectivity index (χ2v) is 5.73. The zero-order valence-electron chi connectivity index (χ0n) is 12.7. The lowest BCUT2D eigenvalue weighted by Gasteiger charge is -2.18. The Balaban J connectivity index is 1.80. The minimum atomic E-state index is -0.895. The first kappa shape index (κ1) is 16.2. The van der Waals surface area contributed by atoms with E-state index in [9.17, 15) is 10.2 Å².